The van der Waals surface area contributed by atoms with Crippen molar-refractivity contribution in [2.75, 3.05) is 0 Å². The molecule has 5 rings (SSSR count). The van der Waals surface area contributed by atoms with Gasteiger partial charge in [0, 0.05) is 23.2 Å². The first-order valence-corrected chi connectivity index (χ1v) is 7.62. The van der Waals surface area contributed by atoms with Gasteiger partial charge in [-0.2, -0.15) is 0 Å². The number of benzene rings is 3. The zero-order valence-electron chi connectivity index (χ0n) is 12.6. The van der Waals surface area contributed by atoms with Gasteiger partial charge in [-0.25, -0.2) is 9.97 Å². The van der Waals surface area contributed by atoms with Crippen LogP contribution < -0.4 is 0 Å². The summed E-state index contributed by atoms with van der Waals surface area (Å²) in [6.45, 7) is 0. The van der Waals surface area contributed by atoms with E-state index in [1.807, 2.05) is 24.3 Å². The summed E-state index contributed by atoms with van der Waals surface area (Å²) in [6, 6.07) is 16.4. The van der Waals surface area contributed by atoms with Crippen LogP contribution in [-0.4, -0.2) is 25.1 Å². The van der Waals surface area contributed by atoms with Crippen LogP contribution in [0.1, 0.15) is 0 Å². The zero-order chi connectivity index (χ0) is 15.9. The minimum atomic E-state index is 0.482. The average molecular weight is 309 g/mol. The molecule has 0 amide bonds. The second-order valence-corrected chi connectivity index (χ2v) is 5.51. The van der Waals surface area contributed by atoms with Crippen molar-refractivity contribution < 1.29 is 0 Å². The molecule has 0 saturated heterocycles. The standard InChI is InChI=1S/C19H11N5/c1-3-7-14-12(5-1)13-6-2-4-8-15(13)18-17(14)22-19(24-23-18)16-11-20-9-10-21-16/h1-11H. The predicted octanol–water partition coefficient (Wildman–Crippen LogP) is 3.79. The molecule has 24 heavy (non-hydrogen) atoms. The van der Waals surface area contributed by atoms with Crippen molar-refractivity contribution in [3.63, 3.8) is 0 Å². The van der Waals surface area contributed by atoms with Gasteiger partial charge in [0.1, 0.15) is 16.7 Å². The molecule has 2 heterocycles. The van der Waals surface area contributed by atoms with Gasteiger partial charge in [-0.3, -0.25) is 4.98 Å². The summed E-state index contributed by atoms with van der Waals surface area (Å²) in [5, 5.41) is 13.2. The number of aromatic nitrogens is 5. The number of hydrogen-bond donors (Lipinski definition) is 0. The lowest BCUT2D eigenvalue weighted by molar-refractivity contribution is 1.02. The van der Waals surface area contributed by atoms with E-state index in [0.29, 0.717) is 11.5 Å². The Bertz CT molecular complexity index is 1170. The summed E-state index contributed by atoms with van der Waals surface area (Å²) < 4.78 is 0. The highest BCUT2D eigenvalue weighted by Crippen LogP contribution is 2.32. The van der Waals surface area contributed by atoms with Gasteiger partial charge >= 0.3 is 0 Å². The van der Waals surface area contributed by atoms with Crippen LogP contribution >= 0.6 is 0 Å². The smallest absolute Gasteiger partial charge is 0.202 e. The van der Waals surface area contributed by atoms with Crippen LogP contribution in [0.4, 0.5) is 0 Å². The Morgan fingerprint density at radius 3 is 1.96 bits per heavy atom. The molecule has 5 aromatic rings. The van der Waals surface area contributed by atoms with Gasteiger partial charge in [0.25, 0.3) is 0 Å². The Hall–Kier alpha value is -3.47. The molecule has 2 aromatic heterocycles. The highest BCUT2D eigenvalue weighted by molar-refractivity contribution is 6.22. The molecule has 3 aromatic carbocycles. The molecule has 0 spiro atoms. The maximum Gasteiger partial charge on any atom is 0.202 e. The maximum absolute atomic E-state index is 4.75. The highest BCUT2D eigenvalue weighted by atomic mass is 15.2. The second-order valence-electron chi connectivity index (χ2n) is 5.51. The monoisotopic (exact) mass is 309 g/mol. The van der Waals surface area contributed by atoms with E-state index in [0.717, 1.165) is 32.6 Å². The van der Waals surface area contributed by atoms with E-state index in [1.54, 1.807) is 18.6 Å². The van der Waals surface area contributed by atoms with Crippen molar-refractivity contribution in [1.82, 2.24) is 25.1 Å². The van der Waals surface area contributed by atoms with Crippen molar-refractivity contribution in [2.24, 2.45) is 0 Å². The molecule has 0 unspecified atom stereocenters. The van der Waals surface area contributed by atoms with Gasteiger partial charge in [-0.05, 0) is 10.8 Å². The summed E-state index contributed by atoms with van der Waals surface area (Å²) in [6.07, 6.45) is 4.90. The van der Waals surface area contributed by atoms with E-state index in [-0.39, 0.29) is 0 Å². The van der Waals surface area contributed by atoms with E-state index >= 15 is 0 Å². The van der Waals surface area contributed by atoms with E-state index in [9.17, 15) is 0 Å². The summed E-state index contributed by atoms with van der Waals surface area (Å²) in [7, 11) is 0. The predicted molar refractivity (Wildman–Crippen MR) is 93.4 cm³/mol. The van der Waals surface area contributed by atoms with Crippen LogP contribution in [0.5, 0.6) is 0 Å². The first kappa shape index (κ1) is 13.0. The first-order valence-electron chi connectivity index (χ1n) is 7.62. The molecular weight excluding hydrogens is 298 g/mol. The van der Waals surface area contributed by atoms with E-state index in [1.165, 1.54) is 0 Å². The van der Waals surface area contributed by atoms with Crippen LogP contribution in [0.15, 0.2) is 67.1 Å². The molecule has 0 atom stereocenters. The molecule has 0 radical (unpaired) electrons. The van der Waals surface area contributed by atoms with Gasteiger partial charge < -0.3 is 0 Å². The quantitative estimate of drug-likeness (QED) is 0.441. The van der Waals surface area contributed by atoms with Crippen molar-refractivity contribution in [3.8, 4) is 11.5 Å². The van der Waals surface area contributed by atoms with Gasteiger partial charge in [0.05, 0.1) is 6.20 Å². The lowest BCUT2D eigenvalue weighted by atomic mass is 10.00. The lowest BCUT2D eigenvalue weighted by Crippen LogP contribution is -1.97. The molecule has 0 fully saturated rings. The Kier molecular flexibility index (Phi) is 2.72. The molecule has 0 aliphatic heterocycles. The van der Waals surface area contributed by atoms with E-state index in [2.05, 4.69) is 44.4 Å². The first-order chi connectivity index (χ1) is 11.9. The van der Waals surface area contributed by atoms with E-state index in [4.69, 9.17) is 4.98 Å². The third kappa shape index (κ3) is 1.85. The van der Waals surface area contributed by atoms with Crippen LogP contribution in [-0.2, 0) is 0 Å². The van der Waals surface area contributed by atoms with Gasteiger partial charge in [-0.15, -0.1) is 10.2 Å². The third-order valence-corrected chi connectivity index (χ3v) is 4.13. The molecule has 0 saturated carbocycles. The lowest BCUT2D eigenvalue weighted by Gasteiger charge is -2.08. The Morgan fingerprint density at radius 2 is 1.29 bits per heavy atom. The average Bonchev–Trinajstić information content (AvgIpc) is 2.68. The number of nitrogens with zero attached hydrogens (tertiary/aromatic N) is 5. The maximum atomic E-state index is 4.75. The van der Waals surface area contributed by atoms with Crippen molar-refractivity contribution >= 4 is 32.6 Å². The third-order valence-electron chi connectivity index (χ3n) is 4.13. The fraction of sp³-hybridized carbons (Fsp3) is 0. The summed E-state index contributed by atoms with van der Waals surface area (Å²) in [5.74, 6) is 0.482. The molecule has 0 aliphatic rings. The van der Waals surface area contributed by atoms with Crippen LogP contribution in [0.3, 0.4) is 0 Å². The van der Waals surface area contributed by atoms with Crippen molar-refractivity contribution in [3.05, 3.63) is 67.1 Å². The van der Waals surface area contributed by atoms with E-state index < -0.39 is 0 Å². The summed E-state index contributed by atoms with van der Waals surface area (Å²) in [5.41, 5.74) is 2.25. The SMILES string of the molecule is c1ccc2c(c1)c1ccccc1c1nc(-c3cnccn3)nnc21. The topological polar surface area (TPSA) is 64.5 Å². The molecule has 5 nitrogen and oxygen atoms in total. The van der Waals surface area contributed by atoms with Gasteiger partial charge in [0.2, 0.25) is 5.82 Å². The van der Waals surface area contributed by atoms with Crippen molar-refractivity contribution in [2.45, 2.75) is 0 Å². The van der Waals surface area contributed by atoms with Crippen LogP contribution in [0, 0.1) is 0 Å². The van der Waals surface area contributed by atoms with Crippen LogP contribution in [0.2, 0.25) is 0 Å². The number of fused-ring (bicyclic) bond motifs is 6. The van der Waals surface area contributed by atoms with Crippen molar-refractivity contribution in [1.29, 1.82) is 0 Å². The minimum absolute atomic E-state index is 0.482. The molecule has 5 heteroatoms. The highest BCUT2D eigenvalue weighted by Gasteiger charge is 2.13. The summed E-state index contributed by atoms with van der Waals surface area (Å²) >= 11 is 0. The zero-order valence-corrected chi connectivity index (χ0v) is 12.6. The molecular formula is C19H11N5. The number of hydrogen-bond acceptors (Lipinski definition) is 5. The number of rotatable bonds is 1. The Morgan fingerprint density at radius 1 is 0.625 bits per heavy atom. The fourth-order valence-electron chi connectivity index (χ4n) is 3.07. The molecule has 0 N–H and O–H groups in total. The summed E-state index contributed by atoms with van der Waals surface area (Å²) in [4.78, 5) is 13.1. The van der Waals surface area contributed by atoms with Crippen LogP contribution in [0.25, 0.3) is 44.1 Å². The van der Waals surface area contributed by atoms with Gasteiger partial charge in [-0.1, -0.05) is 48.5 Å². The fourth-order valence-corrected chi connectivity index (χ4v) is 3.07. The Balaban J connectivity index is 1.96. The molecule has 0 aliphatic carbocycles. The molecule has 112 valence electrons. The largest absolute Gasteiger partial charge is 0.261 e. The Labute approximate surface area is 137 Å². The van der Waals surface area contributed by atoms with Gasteiger partial charge in [0.15, 0.2) is 0 Å². The molecule has 0 bridgehead atoms. The minimum Gasteiger partial charge on any atom is -0.261 e. The normalized spacial score (nSPS) is 11.3. The second kappa shape index (κ2) is 5.03.